The van der Waals surface area contributed by atoms with E-state index in [9.17, 15) is 0 Å². The summed E-state index contributed by atoms with van der Waals surface area (Å²) in [6, 6.07) is 50.5. The molecule has 3 nitrogen and oxygen atoms in total. The van der Waals surface area contributed by atoms with Crippen molar-refractivity contribution in [3.8, 4) is 44.8 Å². The van der Waals surface area contributed by atoms with Crippen molar-refractivity contribution >= 4 is 21.7 Å². The maximum Gasteiger partial charge on any atom is 0.0714 e. The molecule has 48 heavy (non-hydrogen) atoms. The second kappa shape index (κ2) is 14.6. The summed E-state index contributed by atoms with van der Waals surface area (Å²) in [7, 11) is 0. The molecule has 1 radical (unpaired) electrons. The molecule has 0 N–H and O–H groups in total. The fourth-order valence-corrected chi connectivity index (χ4v) is 5.89. The van der Waals surface area contributed by atoms with E-state index in [0.29, 0.717) is 0 Å². The molecule has 0 spiro atoms. The molecule has 3 aromatic heterocycles. The molecule has 4 heteroatoms. The summed E-state index contributed by atoms with van der Waals surface area (Å²) in [5, 5.41) is 3.65. The van der Waals surface area contributed by atoms with Gasteiger partial charge in [0.2, 0.25) is 0 Å². The van der Waals surface area contributed by atoms with Gasteiger partial charge >= 0.3 is 0 Å². The molecule has 0 unspecified atom stereocenters. The first-order chi connectivity index (χ1) is 23.0. The molecule has 8 rings (SSSR count). The number of hydrogen-bond acceptors (Lipinski definition) is 3. The van der Waals surface area contributed by atoms with E-state index in [0.717, 1.165) is 28.0 Å². The van der Waals surface area contributed by atoms with Crippen LogP contribution >= 0.6 is 0 Å². The van der Waals surface area contributed by atoms with E-state index in [1.54, 1.807) is 6.20 Å². The molecular formula is C44H33IrN3-2. The minimum absolute atomic E-state index is 0. The Morgan fingerprint density at radius 2 is 1.23 bits per heavy atom. The predicted octanol–water partition coefficient (Wildman–Crippen LogP) is 11.1. The van der Waals surface area contributed by atoms with Gasteiger partial charge in [-0.1, -0.05) is 84.8 Å². The van der Waals surface area contributed by atoms with Crippen molar-refractivity contribution in [2.45, 2.75) is 20.8 Å². The largest absolute Gasteiger partial charge is 0.305 e. The number of rotatable bonds is 4. The Hall–Kier alpha value is -5.28. The van der Waals surface area contributed by atoms with Crippen LogP contribution in [-0.2, 0) is 20.1 Å². The van der Waals surface area contributed by atoms with Gasteiger partial charge in [0.25, 0.3) is 0 Å². The predicted molar refractivity (Wildman–Crippen MR) is 195 cm³/mol. The van der Waals surface area contributed by atoms with Gasteiger partial charge in [-0.05, 0) is 82.5 Å². The van der Waals surface area contributed by atoms with Crippen molar-refractivity contribution in [1.82, 2.24) is 15.0 Å². The minimum atomic E-state index is 0. The van der Waals surface area contributed by atoms with Crippen LogP contribution in [0.25, 0.3) is 66.4 Å². The number of fused-ring (bicyclic) bond motifs is 3. The monoisotopic (exact) mass is 796 g/mol. The second-order valence-electron chi connectivity index (χ2n) is 11.7. The van der Waals surface area contributed by atoms with Crippen LogP contribution < -0.4 is 0 Å². The maximum atomic E-state index is 4.66. The molecular weight excluding hydrogens is 763 g/mol. The van der Waals surface area contributed by atoms with Crippen molar-refractivity contribution < 1.29 is 20.1 Å². The normalized spacial score (nSPS) is 10.6. The topological polar surface area (TPSA) is 38.7 Å². The summed E-state index contributed by atoms with van der Waals surface area (Å²) >= 11 is 0. The average molecular weight is 796 g/mol. The summed E-state index contributed by atoms with van der Waals surface area (Å²) in [5.41, 5.74) is 13.4. The standard InChI is InChI=1S/C33H25N2.C11H8N.Ir/c1-21-13-14-26(32-16-22(2)23(3)20-35-32)18-30(21)24-8-6-9-25(17-24)31-19-33-29(12-7-15-34-33)27-10-4-5-11-28(27)31;1-2-6-10(7-3-1)11-8-4-5-9-12-11;/h4-13,15-20H,1-3H3;1-6,8-9H;/q2*-1;. The Kier molecular flexibility index (Phi) is 9.96. The van der Waals surface area contributed by atoms with Crippen LogP contribution in [0.2, 0.25) is 0 Å². The van der Waals surface area contributed by atoms with Gasteiger partial charge in [0.15, 0.2) is 0 Å². The molecule has 0 saturated heterocycles. The number of aryl methyl sites for hydroxylation is 3. The third kappa shape index (κ3) is 6.87. The number of benzene rings is 5. The Bertz CT molecular complexity index is 2300. The molecule has 0 aliphatic carbocycles. The van der Waals surface area contributed by atoms with E-state index in [1.165, 1.54) is 55.1 Å². The molecule has 0 aliphatic rings. The SMILES string of the molecule is Cc1cnc(-c2[c-]cc(C)c(-c3cccc(-c4cc5ncccc5c5ccccc45)c3)c2)cc1C.[Ir].[c-]1ccccc1-c1ccccn1. The quantitative estimate of drug-likeness (QED) is 0.132. The average Bonchev–Trinajstić information content (AvgIpc) is 3.14. The summed E-state index contributed by atoms with van der Waals surface area (Å²) in [5.74, 6) is 0. The van der Waals surface area contributed by atoms with E-state index in [1.807, 2.05) is 60.9 Å². The van der Waals surface area contributed by atoms with Crippen molar-refractivity contribution in [2.75, 3.05) is 0 Å². The zero-order chi connectivity index (χ0) is 32.2. The number of hydrogen-bond donors (Lipinski definition) is 0. The number of aromatic nitrogens is 3. The van der Waals surface area contributed by atoms with E-state index in [4.69, 9.17) is 0 Å². The molecule has 3 heterocycles. The molecule has 8 aromatic rings. The van der Waals surface area contributed by atoms with Crippen LogP contribution in [0.5, 0.6) is 0 Å². The zero-order valence-electron chi connectivity index (χ0n) is 27.0. The van der Waals surface area contributed by atoms with Gasteiger partial charge in [-0.3, -0.25) is 4.98 Å². The first-order valence-electron chi connectivity index (χ1n) is 15.8. The molecule has 5 aromatic carbocycles. The molecule has 0 atom stereocenters. The van der Waals surface area contributed by atoms with Crippen molar-refractivity contribution in [3.05, 3.63) is 175 Å². The Balaban J connectivity index is 0.000000260. The smallest absolute Gasteiger partial charge is 0.0714 e. The first kappa shape index (κ1) is 32.7. The number of pyridine rings is 3. The zero-order valence-corrected chi connectivity index (χ0v) is 29.4. The van der Waals surface area contributed by atoms with Gasteiger partial charge in [0.05, 0.1) is 5.52 Å². The summed E-state index contributed by atoms with van der Waals surface area (Å²) in [6.07, 6.45) is 5.59. The van der Waals surface area contributed by atoms with Crippen LogP contribution in [0.15, 0.2) is 146 Å². The van der Waals surface area contributed by atoms with E-state index in [-0.39, 0.29) is 20.1 Å². The van der Waals surface area contributed by atoms with Crippen LogP contribution in [0.3, 0.4) is 0 Å². The van der Waals surface area contributed by atoms with Crippen molar-refractivity contribution in [2.24, 2.45) is 0 Å². The van der Waals surface area contributed by atoms with Crippen molar-refractivity contribution in [1.29, 1.82) is 0 Å². The minimum Gasteiger partial charge on any atom is -0.305 e. The molecule has 235 valence electrons. The molecule has 0 aliphatic heterocycles. The van der Waals surface area contributed by atoms with Crippen LogP contribution in [-0.4, -0.2) is 15.0 Å². The fraction of sp³-hybridized carbons (Fsp3) is 0.0682. The van der Waals surface area contributed by atoms with Gasteiger partial charge in [0.1, 0.15) is 0 Å². The summed E-state index contributed by atoms with van der Waals surface area (Å²) in [6.45, 7) is 6.36. The Morgan fingerprint density at radius 1 is 0.479 bits per heavy atom. The van der Waals surface area contributed by atoms with Crippen LogP contribution in [0.1, 0.15) is 16.7 Å². The van der Waals surface area contributed by atoms with Gasteiger partial charge in [0, 0.05) is 44.1 Å². The summed E-state index contributed by atoms with van der Waals surface area (Å²) in [4.78, 5) is 13.5. The van der Waals surface area contributed by atoms with Crippen LogP contribution in [0, 0.1) is 32.9 Å². The van der Waals surface area contributed by atoms with Gasteiger partial charge in [-0.15, -0.1) is 65.2 Å². The van der Waals surface area contributed by atoms with Gasteiger partial charge < -0.3 is 9.97 Å². The fourth-order valence-electron chi connectivity index (χ4n) is 5.89. The Morgan fingerprint density at radius 3 is 2.00 bits per heavy atom. The molecule has 0 amide bonds. The molecule has 0 bridgehead atoms. The van der Waals surface area contributed by atoms with Gasteiger partial charge in [-0.25, -0.2) is 0 Å². The maximum absolute atomic E-state index is 4.66. The summed E-state index contributed by atoms with van der Waals surface area (Å²) < 4.78 is 0. The van der Waals surface area contributed by atoms with E-state index >= 15 is 0 Å². The van der Waals surface area contributed by atoms with E-state index < -0.39 is 0 Å². The number of nitrogens with zero attached hydrogens (tertiary/aromatic N) is 3. The third-order valence-electron chi connectivity index (χ3n) is 8.57. The second-order valence-corrected chi connectivity index (χ2v) is 11.7. The van der Waals surface area contributed by atoms with E-state index in [2.05, 4.69) is 127 Å². The van der Waals surface area contributed by atoms with Gasteiger partial charge in [-0.2, -0.15) is 0 Å². The third-order valence-corrected chi connectivity index (χ3v) is 8.57. The van der Waals surface area contributed by atoms with Crippen LogP contribution in [0.4, 0.5) is 0 Å². The first-order valence-corrected chi connectivity index (χ1v) is 15.8. The Labute approximate surface area is 295 Å². The van der Waals surface area contributed by atoms with Crippen molar-refractivity contribution in [3.63, 3.8) is 0 Å². The molecule has 0 saturated carbocycles. The molecule has 0 fully saturated rings.